The van der Waals surface area contributed by atoms with E-state index in [1.165, 1.54) is 0 Å². The number of hydrogen-bond donors (Lipinski definition) is 3. The maximum absolute atomic E-state index is 11.6. The predicted molar refractivity (Wildman–Crippen MR) is 65.8 cm³/mol. The van der Waals surface area contributed by atoms with Crippen molar-refractivity contribution in [3.63, 3.8) is 0 Å². The Kier molecular flexibility index (Phi) is 4.91. The van der Waals surface area contributed by atoms with Crippen molar-refractivity contribution in [3.05, 3.63) is 0 Å². The number of carbonyl (C=O) groups excluding carboxylic acids is 1. The summed E-state index contributed by atoms with van der Waals surface area (Å²) in [5, 5.41) is 16.0. The molecular weight excluding hydrogens is 220 g/mol. The van der Waals surface area contributed by atoms with Crippen molar-refractivity contribution >= 4 is 5.91 Å². The first kappa shape index (κ1) is 14.4. The van der Waals surface area contributed by atoms with Crippen molar-refractivity contribution in [1.29, 1.82) is 0 Å². The van der Waals surface area contributed by atoms with E-state index >= 15 is 0 Å². The minimum absolute atomic E-state index is 0.0765. The third kappa shape index (κ3) is 6.00. The third-order valence-corrected chi connectivity index (χ3v) is 2.82. The average Bonchev–Trinajstić information content (AvgIpc) is 2.24. The first-order valence-electron chi connectivity index (χ1n) is 6.13. The van der Waals surface area contributed by atoms with Crippen LogP contribution in [0.25, 0.3) is 0 Å². The van der Waals surface area contributed by atoms with Crippen molar-refractivity contribution in [2.45, 2.75) is 44.8 Å². The highest BCUT2D eigenvalue weighted by molar-refractivity contribution is 5.78. The summed E-state index contributed by atoms with van der Waals surface area (Å²) in [4.78, 5) is 11.6. The van der Waals surface area contributed by atoms with Crippen LogP contribution in [0.1, 0.15) is 33.6 Å². The topological polar surface area (TPSA) is 70.6 Å². The molecule has 0 saturated carbocycles. The SMILES string of the molecule is CC(C)(C)NCC(=O)NCC1(O)CCOCC1. The average molecular weight is 244 g/mol. The lowest BCUT2D eigenvalue weighted by Crippen LogP contribution is -2.49. The molecule has 5 heteroatoms. The Hall–Kier alpha value is -0.650. The first-order valence-corrected chi connectivity index (χ1v) is 6.13. The van der Waals surface area contributed by atoms with E-state index < -0.39 is 5.60 Å². The number of carbonyl (C=O) groups is 1. The molecule has 0 aromatic rings. The van der Waals surface area contributed by atoms with Crippen LogP contribution in [0.3, 0.4) is 0 Å². The molecule has 5 nitrogen and oxygen atoms in total. The third-order valence-electron chi connectivity index (χ3n) is 2.82. The summed E-state index contributed by atoms with van der Waals surface area (Å²) in [6.07, 6.45) is 1.17. The molecule has 1 aliphatic heterocycles. The number of aliphatic hydroxyl groups is 1. The van der Waals surface area contributed by atoms with Crippen LogP contribution in [-0.2, 0) is 9.53 Å². The van der Waals surface area contributed by atoms with E-state index in [4.69, 9.17) is 4.74 Å². The summed E-state index contributed by atoms with van der Waals surface area (Å²) >= 11 is 0. The Morgan fingerprint density at radius 1 is 1.35 bits per heavy atom. The van der Waals surface area contributed by atoms with Crippen molar-refractivity contribution in [1.82, 2.24) is 10.6 Å². The standard InChI is InChI=1S/C12H24N2O3/c1-11(2,3)14-8-10(15)13-9-12(16)4-6-17-7-5-12/h14,16H,4-9H2,1-3H3,(H,13,15). The Morgan fingerprint density at radius 3 is 2.47 bits per heavy atom. The number of ether oxygens (including phenoxy) is 1. The first-order chi connectivity index (χ1) is 7.81. The summed E-state index contributed by atoms with van der Waals surface area (Å²) in [7, 11) is 0. The van der Waals surface area contributed by atoms with Crippen molar-refractivity contribution in [3.8, 4) is 0 Å². The van der Waals surface area contributed by atoms with Gasteiger partial charge in [-0.25, -0.2) is 0 Å². The largest absolute Gasteiger partial charge is 0.388 e. The minimum atomic E-state index is -0.796. The van der Waals surface area contributed by atoms with Gasteiger partial charge < -0.3 is 20.5 Å². The highest BCUT2D eigenvalue weighted by Crippen LogP contribution is 2.18. The molecule has 0 aromatic carbocycles. The zero-order valence-corrected chi connectivity index (χ0v) is 11.0. The molecule has 1 saturated heterocycles. The molecule has 17 heavy (non-hydrogen) atoms. The molecule has 1 amide bonds. The quantitative estimate of drug-likeness (QED) is 0.652. The maximum atomic E-state index is 11.6. The van der Waals surface area contributed by atoms with E-state index in [-0.39, 0.29) is 18.0 Å². The van der Waals surface area contributed by atoms with E-state index in [9.17, 15) is 9.90 Å². The van der Waals surface area contributed by atoms with Gasteiger partial charge in [-0.3, -0.25) is 4.79 Å². The fourth-order valence-corrected chi connectivity index (χ4v) is 1.60. The van der Waals surface area contributed by atoms with E-state index in [1.54, 1.807) is 0 Å². The highest BCUT2D eigenvalue weighted by atomic mass is 16.5. The van der Waals surface area contributed by atoms with Crippen molar-refractivity contribution < 1.29 is 14.6 Å². The molecule has 0 bridgehead atoms. The Labute approximate surface area is 103 Å². The van der Waals surface area contributed by atoms with E-state index in [0.717, 1.165) is 0 Å². The molecule has 0 aromatic heterocycles. The smallest absolute Gasteiger partial charge is 0.234 e. The van der Waals surface area contributed by atoms with Gasteiger partial charge in [-0.1, -0.05) is 0 Å². The Morgan fingerprint density at radius 2 is 1.94 bits per heavy atom. The van der Waals surface area contributed by atoms with E-state index in [0.29, 0.717) is 32.6 Å². The van der Waals surface area contributed by atoms with Gasteiger partial charge in [0.05, 0.1) is 12.1 Å². The van der Waals surface area contributed by atoms with Crippen LogP contribution in [0.2, 0.25) is 0 Å². The molecular formula is C12H24N2O3. The van der Waals surface area contributed by atoms with Gasteiger partial charge in [0.1, 0.15) is 0 Å². The highest BCUT2D eigenvalue weighted by Gasteiger charge is 2.30. The second kappa shape index (κ2) is 5.80. The second-order valence-electron chi connectivity index (χ2n) is 5.72. The predicted octanol–water partition coefficient (Wildman–Crippen LogP) is 0.0322. The normalized spacial score (nSPS) is 20.0. The fourth-order valence-electron chi connectivity index (χ4n) is 1.60. The molecule has 1 heterocycles. The van der Waals surface area contributed by atoms with E-state index in [2.05, 4.69) is 10.6 Å². The molecule has 0 unspecified atom stereocenters. The van der Waals surface area contributed by atoms with Gasteiger partial charge in [0.25, 0.3) is 0 Å². The zero-order chi connectivity index (χ0) is 12.9. The molecule has 1 rings (SSSR count). The van der Waals surface area contributed by atoms with Crippen LogP contribution in [0.4, 0.5) is 0 Å². The molecule has 1 aliphatic rings. The maximum Gasteiger partial charge on any atom is 0.234 e. The Balaban J connectivity index is 2.23. The summed E-state index contributed by atoms with van der Waals surface area (Å²) in [5.74, 6) is -0.0835. The monoisotopic (exact) mass is 244 g/mol. The lowest BCUT2D eigenvalue weighted by molar-refractivity contribution is -0.123. The summed E-state index contributed by atoms with van der Waals surface area (Å²) < 4.78 is 5.18. The minimum Gasteiger partial charge on any atom is -0.388 e. The molecule has 0 radical (unpaired) electrons. The van der Waals surface area contributed by atoms with Gasteiger partial charge in [0.15, 0.2) is 0 Å². The number of rotatable bonds is 4. The lowest BCUT2D eigenvalue weighted by Gasteiger charge is -2.32. The van der Waals surface area contributed by atoms with Gasteiger partial charge in [-0.05, 0) is 20.8 Å². The van der Waals surface area contributed by atoms with Gasteiger partial charge in [-0.2, -0.15) is 0 Å². The summed E-state index contributed by atoms with van der Waals surface area (Å²) in [6, 6.07) is 0. The van der Waals surface area contributed by atoms with Crippen LogP contribution >= 0.6 is 0 Å². The fraction of sp³-hybridized carbons (Fsp3) is 0.917. The molecule has 3 N–H and O–H groups in total. The van der Waals surface area contributed by atoms with Gasteiger partial charge in [0, 0.05) is 38.1 Å². The van der Waals surface area contributed by atoms with E-state index in [1.807, 2.05) is 20.8 Å². The van der Waals surface area contributed by atoms with Gasteiger partial charge in [-0.15, -0.1) is 0 Å². The van der Waals surface area contributed by atoms with Crippen LogP contribution in [0, 0.1) is 0 Å². The number of nitrogens with one attached hydrogen (secondary N) is 2. The number of hydrogen-bond acceptors (Lipinski definition) is 4. The molecule has 0 aliphatic carbocycles. The molecule has 0 spiro atoms. The van der Waals surface area contributed by atoms with Crippen LogP contribution < -0.4 is 10.6 Å². The van der Waals surface area contributed by atoms with Gasteiger partial charge in [0.2, 0.25) is 5.91 Å². The lowest BCUT2D eigenvalue weighted by atomic mass is 9.94. The summed E-state index contributed by atoms with van der Waals surface area (Å²) in [6.45, 7) is 7.72. The van der Waals surface area contributed by atoms with Crippen LogP contribution in [-0.4, -0.2) is 48.5 Å². The Bertz CT molecular complexity index is 255. The van der Waals surface area contributed by atoms with Crippen LogP contribution in [0.15, 0.2) is 0 Å². The van der Waals surface area contributed by atoms with Crippen molar-refractivity contribution in [2.24, 2.45) is 0 Å². The molecule has 0 atom stereocenters. The number of amides is 1. The van der Waals surface area contributed by atoms with Gasteiger partial charge >= 0.3 is 0 Å². The van der Waals surface area contributed by atoms with Crippen molar-refractivity contribution in [2.75, 3.05) is 26.3 Å². The molecule has 1 fully saturated rings. The summed E-state index contributed by atoms with van der Waals surface area (Å²) in [5.41, 5.74) is -0.872. The second-order valence-corrected chi connectivity index (χ2v) is 5.72. The molecule has 100 valence electrons. The van der Waals surface area contributed by atoms with Crippen LogP contribution in [0.5, 0.6) is 0 Å². The zero-order valence-electron chi connectivity index (χ0n) is 11.0.